The summed E-state index contributed by atoms with van der Waals surface area (Å²) in [5, 5.41) is 2.64. The summed E-state index contributed by atoms with van der Waals surface area (Å²) >= 11 is 0. The van der Waals surface area contributed by atoms with Gasteiger partial charge < -0.3 is 10.3 Å². The van der Waals surface area contributed by atoms with E-state index in [0.717, 1.165) is 4.31 Å². The number of H-pyrrole nitrogens is 1. The Morgan fingerprint density at radius 3 is 2.55 bits per heavy atom. The van der Waals surface area contributed by atoms with Crippen molar-refractivity contribution in [2.75, 3.05) is 19.4 Å². The second kappa shape index (κ2) is 5.48. The van der Waals surface area contributed by atoms with Gasteiger partial charge in [-0.2, -0.15) is 0 Å². The zero-order valence-corrected chi connectivity index (χ0v) is 11.9. The van der Waals surface area contributed by atoms with Crippen LogP contribution in [0.1, 0.15) is 10.5 Å². The molecule has 0 bridgehead atoms. The molecular weight excluding hydrogens is 278 g/mol. The number of sulfonamides is 1. The van der Waals surface area contributed by atoms with Crippen molar-refractivity contribution in [1.82, 2.24) is 9.29 Å². The fourth-order valence-electron chi connectivity index (χ4n) is 1.62. The molecule has 6 nitrogen and oxygen atoms in total. The molecule has 0 saturated heterocycles. The van der Waals surface area contributed by atoms with E-state index in [1.165, 1.54) is 26.2 Å². The number of rotatable bonds is 4. The minimum Gasteiger partial charge on any atom is -0.357 e. The largest absolute Gasteiger partial charge is 0.357 e. The van der Waals surface area contributed by atoms with Crippen LogP contribution in [0, 0.1) is 0 Å². The average Bonchev–Trinajstić information content (AvgIpc) is 2.92. The Hall–Kier alpha value is -2.12. The van der Waals surface area contributed by atoms with Gasteiger partial charge in [-0.25, -0.2) is 12.7 Å². The third-order valence-corrected chi connectivity index (χ3v) is 4.52. The van der Waals surface area contributed by atoms with E-state index in [1.807, 2.05) is 0 Å². The van der Waals surface area contributed by atoms with E-state index in [1.54, 1.807) is 30.5 Å². The minimum absolute atomic E-state index is 0.131. The number of aromatic amines is 1. The van der Waals surface area contributed by atoms with Gasteiger partial charge in [0.15, 0.2) is 0 Å². The molecule has 1 aromatic heterocycles. The van der Waals surface area contributed by atoms with E-state index in [-0.39, 0.29) is 10.8 Å². The summed E-state index contributed by atoms with van der Waals surface area (Å²) in [6.07, 6.45) is 1.64. The molecule has 0 aliphatic rings. The molecule has 1 aromatic carbocycles. The van der Waals surface area contributed by atoms with Gasteiger partial charge in [0, 0.05) is 26.0 Å². The molecule has 2 N–H and O–H groups in total. The van der Waals surface area contributed by atoms with Crippen LogP contribution in [-0.4, -0.2) is 37.7 Å². The number of anilines is 1. The van der Waals surface area contributed by atoms with Gasteiger partial charge in [0.1, 0.15) is 5.69 Å². The fraction of sp³-hybridized carbons (Fsp3) is 0.154. The van der Waals surface area contributed by atoms with Crippen molar-refractivity contribution in [2.45, 2.75) is 4.90 Å². The summed E-state index contributed by atoms with van der Waals surface area (Å²) in [7, 11) is -0.599. The second-order valence-corrected chi connectivity index (χ2v) is 6.51. The number of hydrogen-bond acceptors (Lipinski definition) is 3. The van der Waals surface area contributed by atoms with Crippen LogP contribution in [0.3, 0.4) is 0 Å². The summed E-state index contributed by atoms with van der Waals surface area (Å²) in [6, 6.07) is 9.48. The van der Waals surface area contributed by atoms with E-state index in [9.17, 15) is 13.2 Å². The van der Waals surface area contributed by atoms with Gasteiger partial charge in [-0.05, 0) is 30.3 Å². The van der Waals surface area contributed by atoms with E-state index in [4.69, 9.17) is 0 Å². The molecule has 20 heavy (non-hydrogen) atoms. The first-order valence-corrected chi connectivity index (χ1v) is 7.32. The molecule has 0 radical (unpaired) electrons. The number of carbonyl (C=O) groups is 1. The van der Waals surface area contributed by atoms with Crippen molar-refractivity contribution in [3.8, 4) is 0 Å². The average molecular weight is 293 g/mol. The Bertz CT molecular complexity index is 706. The Labute approximate surface area is 117 Å². The summed E-state index contributed by atoms with van der Waals surface area (Å²) in [5.41, 5.74) is 0.832. The first-order chi connectivity index (χ1) is 9.41. The highest BCUT2D eigenvalue weighted by molar-refractivity contribution is 7.89. The quantitative estimate of drug-likeness (QED) is 0.896. The maximum Gasteiger partial charge on any atom is 0.272 e. The lowest BCUT2D eigenvalue weighted by molar-refractivity contribution is 0.102. The van der Waals surface area contributed by atoms with E-state index >= 15 is 0 Å². The van der Waals surface area contributed by atoms with Gasteiger partial charge in [0.05, 0.1) is 4.90 Å². The number of amides is 1. The lowest BCUT2D eigenvalue weighted by Gasteiger charge is -2.12. The van der Waals surface area contributed by atoms with Crippen LogP contribution in [-0.2, 0) is 10.0 Å². The van der Waals surface area contributed by atoms with Gasteiger partial charge in [0.25, 0.3) is 5.91 Å². The van der Waals surface area contributed by atoms with Crippen LogP contribution in [0.25, 0.3) is 0 Å². The topological polar surface area (TPSA) is 82.3 Å². The maximum atomic E-state index is 12.0. The molecule has 7 heteroatoms. The predicted octanol–water partition coefficient (Wildman–Crippen LogP) is 1.52. The molecule has 0 spiro atoms. The van der Waals surface area contributed by atoms with E-state index in [2.05, 4.69) is 10.3 Å². The number of nitrogens with zero attached hydrogens (tertiary/aromatic N) is 1. The minimum atomic E-state index is -3.51. The van der Waals surface area contributed by atoms with Crippen LogP contribution in [0.4, 0.5) is 5.69 Å². The van der Waals surface area contributed by atoms with Crippen molar-refractivity contribution in [2.24, 2.45) is 0 Å². The molecule has 1 heterocycles. The fourth-order valence-corrected chi connectivity index (χ4v) is 2.56. The van der Waals surface area contributed by atoms with Crippen LogP contribution < -0.4 is 5.32 Å². The predicted molar refractivity (Wildman–Crippen MR) is 76.1 cm³/mol. The standard InChI is InChI=1S/C13H15N3O3S/c1-16(2)20(18,19)11-6-3-5-10(9-11)15-13(17)12-7-4-8-14-12/h3-9,14H,1-2H3,(H,15,17). The molecule has 2 aromatic rings. The molecule has 0 unspecified atom stereocenters. The van der Waals surface area contributed by atoms with Crippen molar-refractivity contribution < 1.29 is 13.2 Å². The normalized spacial score (nSPS) is 11.6. The highest BCUT2D eigenvalue weighted by Crippen LogP contribution is 2.18. The molecule has 0 saturated carbocycles. The van der Waals surface area contributed by atoms with Crippen LogP contribution >= 0.6 is 0 Å². The second-order valence-electron chi connectivity index (χ2n) is 4.35. The van der Waals surface area contributed by atoms with Crippen LogP contribution in [0.5, 0.6) is 0 Å². The summed E-state index contributed by atoms with van der Waals surface area (Å²) in [4.78, 5) is 14.8. The van der Waals surface area contributed by atoms with Crippen molar-refractivity contribution >= 4 is 21.6 Å². The Morgan fingerprint density at radius 2 is 1.95 bits per heavy atom. The lowest BCUT2D eigenvalue weighted by Crippen LogP contribution is -2.22. The van der Waals surface area contributed by atoms with Crippen molar-refractivity contribution in [1.29, 1.82) is 0 Å². The summed E-state index contributed by atoms with van der Waals surface area (Å²) < 4.78 is 25.1. The Kier molecular flexibility index (Phi) is 3.91. The molecule has 0 aliphatic carbocycles. The van der Waals surface area contributed by atoms with E-state index < -0.39 is 10.0 Å². The first-order valence-electron chi connectivity index (χ1n) is 5.88. The van der Waals surface area contributed by atoms with Gasteiger partial charge in [-0.1, -0.05) is 6.07 Å². The van der Waals surface area contributed by atoms with Crippen LogP contribution in [0.2, 0.25) is 0 Å². The number of nitrogens with one attached hydrogen (secondary N) is 2. The lowest BCUT2D eigenvalue weighted by atomic mass is 10.3. The Morgan fingerprint density at radius 1 is 1.20 bits per heavy atom. The van der Waals surface area contributed by atoms with Crippen molar-refractivity contribution in [3.05, 3.63) is 48.3 Å². The highest BCUT2D eigenvalue weighted by Gasteiger charge is 2.17. The van der Waals surface area contributed by atoms with Gasteiger partial charge in [-0.15, -0.1) is 0 Å². The molecule has 1 amide bonds. The monoisotopic (exact) mass is 293 g/mol. The van der Waals surface area contributed by atoms with Gasteiger partial charge >= 0.3 is 0 Å². The number of benzene rings is 1. The number of hydrogen-bond donors (Lipinski definition) is 2. The number of aromatic nitrogens is 1. The van der Waals surface area contributed by atoms with Crippen LogP contribution in [0.15, 0.2) is 47.5 Å². The molecule has 106 valence electrons. The molecule has 0 atom stereocenters. The zero-order chi connectivity index (χ0) is 14.8. The molecular formula is C13H15N3O3S. The van der Waals surface area contributed by atoms with E-state index in [0.29, 0.717) is 11.4 Å². The summed E-state index contributed by atoms with van der Waals surface area (Å²) in [6.45, 7) is 0. The SMILES string of the molecule is CN(C)S(=O)(=O)c1cccc(NC(=O)c2ccc[nH]2)c1. The molecule has 0 fully saturated rings. The highest BCUT2D eigenvalue weighted by atomic mass is 32.2. The van der Waals surface area contributed by atoms with Crippen molar-refractivity contribution in [3.63, 3.8) is 0 Å². The summed E-state index contributed by atoms with van der Waals surface area (Å²) in [5.74, 6) is -0.325. The third-order valence-electron chi connectivity index (χ3n) is 2.71. The molecule has 2 rings (SSSR count). The number of carbonyl (C=O) groups excluding carboxylic acids is 1. The zero-order valence-electron chi connectivity index (χ0n) is 11.1. The maximum absolute atomic E-state index is 12.0. The smallest absolute Gasteiger partial charge is 0.272 e. The Balaban J connectivity index is 2.25. The van der Waals surface area contributed by atoms with Gasteiger partial charge in [0.2, 0.25) is 10.0 Å². The van der Waals surface area contributed by atoms with Gasteiger partial charge in [-0.3, -0.25) is 4.79 Å². The molecule has 0 aliphatic heterocycles. The third kappa shape index (κ3) is 2.89. The first kappa shape index (κ1) is 14.3.